The van der Waals surface area contributed by atoms with Crippen LogP contribution in [-0.4, -0.2) is 59.1 Å². The van der Waals surface area contributed by atoms with Gasteiger partial charge in [-0.15, -0.1) is 10.2 Å². The summed E-state index contributed by atoms with van der Waals surface area (Å²) in [6, 6.07) is 18.4. The molecule has 0 amide bonds. The van der Waals surface area contributed by atoms with Crippen LogP contribution in [0.1, 0.15) is 5.69 Å². The van der Waals surface area contributed by atoms with Crippen LogP contribution in [-0.2, 0) is 10.0 Å². The molecule has 0 atom stereocenters. The third-order valence-electron chi connectivity index (χ3n) is 5.57. The first-order chi connectivity index (χ1) is 16.0. The van der Waals surface area contributed by atoms with Crippen molar-refractivity contribution < 1.29 is 8.42 Å². The van der Waals surface area contributed by atoms with E-state index in [1.165, 1.54) is 4.31 Å². The zero-order valence-corrected chi connectivity index (χ0v) is 18.9. The average Bonchev–Trinajstić information content (AvgIpc) is 2.84. The SMILES string of the molecule is Cc1cccc(Nc2ccc(N3CCN(S(=O)(=O)c4cccc5cccnc45)CC3)nn2)n1. The van der Waals surface area contributed by atoms with Gasteiger partial charge in [0, 0.05) is 43.5 Å². The molecule has 168 valence electrons. The van der Waals surface area contributed by atoms with Gasteiger partial charge in [0.15, 0.2) is 11.6 Å². The summed E-state index contributed by atoms with van der Waals surface area (Å²) in [5.41, 5.74) is 1.41. The monoisotopic (exact) mass is 461 g/mol. The zero-order chi connectivity index (χ0) is 22.8. The number of pyridine rings is 2. The van der Waals surface area contributed by atoms with Crippen molar-refractivity contribution in [2.75, 3.05) is 36.4 Å². The van der Waals surface area contributed by atoms with Gasteiger partial charge in [0.2, 0.25) is 10.0 Å². The Hall–Kier alpha value is -3.63. The molecule has 33 heavy (non-hydrogen) atoms. The number of hydrogen-bond acceptors (Lipinski definition) is 8. The molecule has 1 N–H and O–H groups in total. The van der Waals surface area contributed by atoms with Gasteiger partial charge in [-0.3, -0.25) is 4.98 Å². The van der Waals surface area contributed by atoms with Crippen molar-refractivity contribution in [3.63, 3.8) is 0 Å². The van der Waals surface area contributed by atoms with Crippen molar-refractivity contribution in [3.8, 4) is 0 Å². The minimum atomic E-state index is -3.65. The molecule has 4 heterocycles. The topological polar surface area (TPSA) is 104 Å². The van der Waals surface area contributed by atoms with Gasteiger partial charge in [0.05, 0.1) is 5.52 Å². The number of piperazine rings is 1. The van der Waals surface area contributed by atoms with Crippen LogP contribution >= 0.6 is 0 Å². The van der Waals surface area contributed by atoms with E-state index in [-0.39, 0.29) is 4.90 Å². The molecule has 4 aromatic rings. The van der Waals surface area contributed by atoms with Crippen molar-refractivity contribution in [2.45, 2.75) is 11.8 Å². The summed E-state index contributed by atoms with van der Waals surface area (Å²) in [4.78, 5) is 11.0. The lowest BCUT2D eigenvalue weighted by molar-refractivity contribution is 0.384. The van der Waals surface area contributed by atoms with Gasteiger partial charge in [-0.25, -0.2) is 13.4 Å². The molecule has 10 heteroatoms. The second-order valence-electron chi connectivity index (χ2n) is 7.79. The van der Waals surface area contributed by atoms with E-state index < -0.39 is 10.0 Å². The van der Waals surface area contributed by atoms with Crippen molar-refractivity contribution in [3.05, 3.63) is 72.6 Å². The van der Waals surface area contributed by atoms with Gasteiger partial charge < -0.3 is 10.2 Å². The second kappa shape index (κ2) is 8.72. The Morgan fingerprint density at radius 3 is 2.39 bits per heavy atom. The number of aromatic nitrogens is 4. The third-order valence-corrected chi connectivity index (χ3v) is 7.50. The molecule has 5 rings (SSSR count). The summed E-state index contributed by atoms with van der Waals surface area (Å²) in [6.07, 6.45) is 1.62. The van der Waals surface area contributed by atoms with Crippen LogP contribution < -0.4 is 10.2 Å². The number of nitrogens with one attached hydrogen (secondary N) is 1. The molecule has 1 fully saturated rings. The third kappa shape index (κ3) is 4.35. The van der Waals surface area contributed by atoms with E-state index in [4.69, 9.17) is 0 Å². The molecule has 1 aromatic carbocycles. The standard InChI is InChI=1S/C23H23N7O2S/c1-17-5-2-9-20(25-17)26-21-10-11-22(28-27-21)29-13-15-30(16-14-29)33(31,32)19-8-3-6-18-7-4-12-24-23(18)19/h2-12H,13-16H2,1H3,(H,25,26,27). The summed E-state index contributed by atoms with van der Waals surface area (Å²) >= 11 is 0. The largest absolute Gasteiger partial charge is 0.352 e. The predicted octanol–water partition coefficient (Wildman–Crippen LogP) is 2.98. The fourth-order valence-corrected chi connectivity index (χ4v) is 5.47. The van der Waals surface area contributed by atoms with Gasteiger partial charge in [-0.05, 0) is 43.3 Å². The summed E-state index contributed by atoms with van der Waals surface area (Å²) in [5, 5.41) is 12.5. The molecule has 1 saturated heterocycles. The second-order valence-corrected chi connectivity index (χ2v) is 9.69. The minimum Gasteiger partial charge on any atom is -0.352 e. The van der Waals surface area contributed by atoms with E-state index in [1.54, 1.807) is 24.4 Å². The minimum absolute atomic E-state index is 0.244. The Morgan fingerprint density at radius 1 is 0.848 bits per heavy atom. The van der Waals surface area contributed by atoms with Crippen molar-refractivity contribution in [1.29, 1.82) is 0 Å². The van der Waals surface area contributed by atoms with Crippen molar-refractivity contribution >= 4 is 38.4 Å². The number of sulfonamides is 1. The highest BCUT2D eigenvalue weighted by Gasteiger charge is 2.30. The molecule has 0 saturated carbocycles. The average molecular weight is 462 g/mol. The number of benzene rings is 1. The molecule has 0 bridgehead atoms. The zero-order valence-electron chi connectivity index (χ0n) is 18.1. The van der Waals surface area contributed by atoms with E-state index in [0.717, 1.165) is 11.1 Å². The lowest BCUT2D eigenvalue weighted by Gasteiger charge is -2.34. The van der Waals surface area contributed by atoms with Crippen molar-refractivity contribution in [1.82, 2.24) is 24.5 Å². The Labute approximate surface area is 192 Å². The predicted molar refractivity (Wildman–Crippen MR) is 127 cm³/mol. The Morgan fingerprint density at radius 2 is 1.64 bits per heavy atom. The number of fused-ring (bicyclic) bond motifs is 1. The van der Waals surface area contributed by atoms with Crippen molar-refractivity contribution in [2.24, 2.45) is 0 Å². The Bertz CT molecular complexity index is 1380. The highest BCUT2D eigenvalue weighted by atomic mass is 32.2. The first-order valence-corrected chi connectivity index (χ1v) is 12.1. The molecule has 0 unspecified atom stereocenters. The van der Waals surface area contributed by atoms with E-state index in [0.29, 0.717) is 49.1 Å². The molecular formula is C23H23N7O2S. The maximum Gasteiger partial charge on any atom is 0.245 e. The highest BCUT2D eigenvalue weighted by Crippen LogP contribution is 2.25. The first kappa shape index (κ1) is 21.2. The van der Waals surface area contributed by atoms with E-state index in [1.807, 2.05) is 54.3 Å². The molecule has 0 spiro atoms. The number of para-hydroxylation sites is 1. The molecular weight excluding hydrogens is 438 g/mol. The summed E-state index contributed by atoms with van der Waals surface area (Å²) < 4.78 is 28.1. The maximum atomic E-state index is 13.3. The van der Waals surface area contributed by atoms with E-state index >= 15 is 0 Å². The van der Waals surface area contributed by atoms with Gasteiger partial charge >= 0.3 is 0 Å². The number of aryl methyl sites for hydroxylation is 1. The molecule has 0 aliphatic carbocycles. The quantitative estimate of drug-likeness (QED) is 0.484. The molecule has 3 aromatic heterocycles. The molecule has 0 radical (unpaired) electrons. The molecule has 1 aliphatic heterocycles. The number of anilines is 3. The lowest BCUT2D eigenvalue weighted by Crippen LogP contribution is -2.49. The molecule has 1 aliphatic rings. The van der Waals surface area contributed by atoms with Gasteiger partial charge in [-0.2, -0.15) is 4.31 Å². The highest BCUT2D eigenvalue weighted by molar-refractivity contribution is 7.89. The normalized spacial score (nSPS) is 15.0. The number of nitrogens with zero attached hydrogens (tertiary/aromatic N) is 6. The van der Waals surface area contributed by atoms with E-state index in [9.17, 15) is 8.42 Å². The van der Waals surface area contributed by atoms with Crippen LogP contribution in [0.15, 0.2) is 71.8 Å². The smallest absolute Gasteiger partial charge is 0.245 e. The first-order valence-electron chi connectivity index (χ1n) is 10.6. The van der Waals surface area contributed by atoms with Crippen LogP contribution in [0.2, 0.25) is 0 Å². The van der Waals surface area contributed by atoms with Crippen LogP contribution in [0.25, 0.3) is 10.9 Å². The number of rotatable bonds is 5. The fraction of sp³-hybridized carbons (Fsp3) is 0.217. The summed E-state index contributed by atoms with van der Waals surface area (Å²) in [7, 11) is -3.65. The van der Waals surface area contributed by atoms with Gasteiger partial charge in [-0.1, -0.05) is 24.3 Å². The van der Waals surface area contributed by atoms with Crippen LogP contribution in [0.4, 0.5) is 17.5 Å². The van der Waals surface area contributed by atoms with Gasteiger partial charge in [0.1, 0.15) is 10.7 Å². The van der Waals surface area contributed by atoms with Crippen LogP contribution in [0, 0.1) is 6.92 Å². The maximum absolute atomic E-state index is 13.3. The Kier molecular flexibility index (Phi) is 5.61. The van der Waals surface area contributed by atoms with Crippen LogP contribution in [0.5, 0.6) is 0 Å². The summed E-state index contributed by atoms with van der Waals surface area (Å²) in [5.74, 6) is 2.02. The van der Waals surface area contributed by atoms with Crippen LogP contribution in [0.3, 0.4) is 0 Å². The van der Waals surface area contributed by atoms with E-state index in [2.05, 4.69) is 25.5 Å². The summed E-state index contributed by atoms with van der Waals surface area (Å²) in [6.45, 7) is 3.70. The number of hydrogen-bond donors (Lipinski definition) is 1. The fourth-order valence-electron chi connectivity index (χ4n) is 3.89. The Balaban J connectivity index is 1.27. The lowest BCUT2D eigenvalue weighted by atomic mass is 10.2. The molecule has 9 nitrogen and oxygen atoms in total. The van der Waals surface area contributed by atoms with Gasteiger partial charge in [0.25, 0.3) is 0 Å².